The molecule has 0 aliphatic rings. The Kier molecular flexibility index (Phi) is 4.27. The van der Waals surface area contributed by atoms with Crippen LogP contribution in [0, 0.1) is 11.6 Å². The lowest BCUT2D eigenvalue weighted by Gasteiger charge is -2.10. The molecule has 2 aromatic rings. The Balaban J connectivity index is 2.30. The molecule has 0 heterocycles. The molecule has 0 saturated heterocycles. The lowest BCUT2D eigenvalue weighted by Crippen LogP contribution is -2.14. The predicted molar refractivity (Wildman–Crippen MR) is 74.8 cm³/mol. The Hall–Kier alpha value is -2.76. The summed E-state index contributed by atoms with van der Waals surface area (Å²) in [5, 5.41) is 14.5. The lowest BCUT2D eigenvalue weighted by molar-refractivity contribution is 0.102. The number of hydrogen-bond donors (Lipinski definition) is 2. The summed E-state index contributed by atoms with van der Waals surface area (Å²) in [6.07, 6.45) is 0. The van der Waals surface area contributed by atoms with Crippen molar-refractivity contribution in [3.05, 3.63) is 65.2 Å². The Morgan fingerprint density at radius 1 is 1.14 bits per heavy atom. The standard InChI is InChI=1S/C15H12F2N2O2/c1-9(19-21)11-4-2-3-5-14(11)18-15(20)10-6-7-12(16)13(17)8-10/h2-8,21H,1H3,(H,18,20)/b19-9+. The highest BCUT2D eigenvalue weighted by Gasteiger charge is 2.12. The van der Waals surface area contributed by atoms with Crippen molar-refractivity contribution in [2.45, 2.75) is 6.92 Å². The van der Waals surface area contributed by atoms with Crippen molar-refractivity contribution in [2.24, 2.45) is 5.16 Å². The van der Waals surface area contributed by atoms with Crippen LogP contribution in [0.1, 0.15) is 22.8 Å². The second-order valence-corrected chi connectivity index (χ2v) is 4.31. The molecule has 0 unspecified atom stereocenters. The fourth-order valence-corrected chi connectivity index (χ4v) is 1.79. The van der Waals surface area contributed by atoms with Gasteiger partial charge in [-0.15, -0.1) is 0 Å². The van der Waals surface area contributed by atoms with E-state index in [1.54, 1.807) is 31.2 Å². The summed E-state index contributed by atoms with van der Waals surface area (Å²) in [4.78, 5) is 12.0. The van der Waals surface area contributed by atoms with E-state index in [9.17, 15) is 13.6 Å². The SMILES string of the molecule is C/C(=N\O)c1ccccc1NC(=O)c1ccc(F)c(F)c1. The van der Waals surface area contributed by atoms with Crippen molar-refractivity contribution in [2.75, 3.05) is 5.32 Å². The summed E-state index contributed by atoms with van der Waals surface area (Å²) < 4.78 is 26.0. The molecule has 4 nitrogen and oxygen atoms in total. The number of oxime groups is 1. The van der Waals surface area contributed by atoms with Crippen molar-refractivity contribution in [1.29, 1.82) is 0 Å². The van der Waals surface area contributed by atoms with Crippen LogP contribution in [0.3, 0.4) is 0 Å². The van der Waals surface area contributed by atoms with Gasteiger partial charge in [-0.2, -0.15) is 0 Å². The third kappa shape index (κ3) is 3.22. The molecule has 0 spiro atoms. The Labute approximate surface area is 119 Å². The van der Waals surface area contributed by atoms with E-state index in [4.69, 9.17) is 5.21 Å². The minimum Gasteiger partial charge on any atom is -0.411 e. The third-order valence-electron chi connectivity index (χ3n) is 2.90. The lowest BCUT2D eigenvalue weighted by atomic mass is 10.1. The van der Waals surface area contributed by atoms with Crippen LogP contribution >= 0.6 is 0 Å². The van der Waals surface area contributed by atoms with Crippen molar-refractivity contribution in [1.82, 2.24) is 0 Å². The van der Waals surface area contributed by atoms with Gasteiger partial charge in [0.1, 0.15) is 0 Å². The molecular formula is C15H12F2N2O2. The van der Waals surface area contributed by atoms with Crippen molar-refractivity contribution in [3.63, 3.8) is 0 Å². The van der Waals surface area contributed by atoms with E-state index in [0.29, 0.717) is 17.0 Å². The maximum absolute atomic E-state index is 13.1. The monoisotopic (exact) mass is 290 g/mol. The third-order valence-corrected chi connectivity index (χ3v) is 2.90. The molecule has 0 aromatic heterocycles. The van der Waals surface area contributed by atoms with E-state index < -0.39 is 17.5 Å². The maximum atomic E-state index is 13.1. The quantitative estimate of drug-likeness (QED) is 0.517. The average Bonchev–Trinajstić information content (AvgIpc) is 2.49. The second-order valence-electron chi connectivity index (χ2n) is 4.31. The van der Waals surface area contributed by atoms with Gasteiger partial charge in [-0.3, -0.25) is 4.79 Å². The van der Waals surface area contributed by atoms with E-state index >= 15 is 0 Å². The average molecular weight is 290 g/mol. The molecule has 6 heteroatoms. The zero-order valence-corrected chi connectivity index (χ0v) is 11.1. The summed E-state index contributed by atoms with van der Waals surface area (Å²) in [7, 11) is 0. The smallest absolute Gasteiger partial charge is 0.255 e. The first kappa shape index (κ1) is 14.6. The van der Waals surface area contributed by atoms with Crippen molar-refractivity contribution >= 4 is 17.3 Å². The minimum atomic E-state index is -1.09. The van der Waals surface area contributed by atoms with E-state index in [1.807, 2.05) is 0 Å². The second kappa shape index (κ2) is 6.13. The first-order valence-corrected chi connectivity index (χ1v) is 6.07. The Bertz CT molecular complexity index is 715. The number of halogens is 2. The molecule has 0 atom stereocenters. The first-order chi connectivity index (χ1) is 10.0. The molecule has 108 valence electrons. The number of rotatable bonds is 3. The largest absolute Gasteiger partial charge is 0.411 e. The molecule has 0 bridgehead atoms. The molecule has 0 fully saturated rings. The molecule has 0 saturated carbocycles. The van der Waals surface area contributed by atoms with Crippen LogP contribution in [-0.2, 0) is 0 Å². The molecule has 0 aliphatic carbocycles. The first-order valence-electron chi connectivity index (χ1n) is 6.07. The van der Waals surface area contributed by atoms with Crippen molar-refractivity contribution < 1.29 is 18.8 Å². The zero-order valence-electron chi connectivity index (χ0n) is 11.1. The summed E-state index contributed by atoms with van der Waals surface area (Å²) >= 11 is 0. The van der Waals surface area contributed by atoms with Gasteiger partial charge in [0.05, 0.1) is 11.4 Å². The van der Waals surface area contributed by atoms with Gasteiger partial charge in [-0.05, 0) is 31.2 Å². The van der Waals surface area contributed by atoms with E-state index in [0.717, 1.165) is 12.1 Å². The molecule has 0 radical (unpaired) electrons. The number of carbonyl (C=O) groups excluding carboxylic acids is 1. The van der Waals surface area contributed by atoms with Gasteiger partial charge in [0.15, 0.2) is 11.6 Å². The number of nitrogens with one attached hydrogen (secondary N) is 1. The number of nitrogens with zero attached hydrogens (tertiary/aromatic N) is 1. The van der Waals surface area contributed by atoms with Crippen LogP contribution in [-0.4, -0.2) is 16.8 Å². The summed E-state index contributed by atoms with van der Waals surface area (Å²) in [6.45, 7) is 1.57. The van der Waals surface area contributed by atoms with Gasteiger partial charge in [0.25, 0.3) is 5.91 Å². The fraction of sp³-hybridized carbons (Fsp3) is 0.0667. The molecule has 2 aromatic carbocycles. The van der Waals surface area contributed by atoms with Crippen LogP contribution in [0.5, 0.6) is 0 Å². The topological polar surface area (TPSA) is 61.7 Å². The van der Waals surface area contributed by atoms with Crippen LogP contribution in [0.25, 0.3) is 0 Å². The Morgan fingerprint density at radius 2 is 1.86 bits per heavy atom. The number of anilines is 1. The van der Waals surface area contributed by atoms with Gasteiger partial charge in [-0.25, -0.2) is 8.78 Å². The molecule has 2 rings (SSSR count). The summed E-state index contributed by atoms with van der Waals surface area (Å²) in [5.41, 5.74) is 1.23. The van der Waals surface area contributed by atoms with Crippen LogP contribution < -0.4 is 5.32 Å². The predicted octanol–water partition coefficient (Wildman–Crippen LogP) is 3.42. The molecule has 21 heavy (non-hydrogen) atoms. The van der Waals surface area contributed by atoms with Crippen LogP contribution in [0.4, 0.5) is 14.5 Å². The summed E-state index contributed by atoms with van der Waals surface area (Å²) in [5.74, 6) is -2.70. The Morgan fingerprint density at radius 3 is 2.52 bits per heavy atom. The van der Waals surface area contributed by atoms with Crippen LogP contribution in [0.2, 0.25) is 0 Å². The number of hydrogen-bond acceptors (Lipinski definition) is 3. The number of para-hydroxylation sites is 1. The highest BCUT2D eigenvalue weighted by molar-refractivity contribution is 6.10. The highest BCUT2D eigenvalue weighted by Crippen LogP contribution is 2.18. The van der Waals surface area contributed by atoms with E-state index in [1.165, 1.54) is 6.07 Å². The maximum Gasteiger partial charge on any atom is 0.255 e. The number of benzene rings is 2. The van der Waals surface area contributed by atoms with Gasteiger partial charge >= 0.3 is 0 Å². The fourth-order valence-electron chi connectivity index (χ4n) is 1.79. The molecule has 2 N–H and O–H groups in total. The summed E-state index contributed by atoms with van der Waals surface area (Å²) in [6, 6.07) is 9.57. The van der Waals surface area contributed by atoms with Gasteiger partial charge in [0, 0.05) is 11.1 Å². The molecule has 1 amide bonds. The van der Waals surface area contributed by atoms with E-state index in [-0.39, 0.29) is 5.56 Å². The number of carbonyl (C=O) groups is 1. The minimum absolute atomic E-state index is 0.0118. The highest BCUT2D eigenvalue weighted by atomic mass is 19.2. The number of amides is 1. The van der Waals surface area contributed by atoms with E-state index in [2.05, 4.69) is 10.5 Å². The van der Waals surface area contributed by atoms with Gasteiger partial charge in [-0.1, -0.05) is 23.4 Å². The molecular weight excluding hydrogens is 278 g/mol. The molecule has 0 aliphatic heterocycles. The zero-order chi connectivity index (χ0) is 15.4. The van der Waals surface area contributed by atoms with Gasteiger partial charge in [0.2, 0.25) is 0 Å². The van der Waals surface area contributed by atoms with Crippen molar-refractivity contribution in [3.8, 4) is 0 Å². The van der Waals surface area contributed by atoms with Gasteiger partial charge < -0.3 is 10.5 Å². The van der Waals surface area contributed by atoms with Crippen LogP contribution in [0.15, 0.2) is 47.6 Å². The normalized spacial score (nSPS) is 11.3.